The van der Waals surface area contributed by atoms with Crippen molar-refractivity contribution in [3.05, 3.63) is 72.1 Å². The number of aromatic nitrogens is 2. The smallest absolute Gasteiger partial charge is 0.271 e. The van der Waals surface area contributed by atoms with E-state index in [9.17, 15) is 4.79 Å². The molecule has 1 fully saturated rings. The van der Waals surface area contributed by atoms with E-state index < -0.39 is 0 Å². The van der Waals surface area contributed by atoms with Crippen LogP contribution in [0.15, 0.2) is 60.8 Å². The zero-order valence-corrected chi connectivity index (χ0v) is 16.6. The highest BCUT2D eigenvalue weighted by atomic mass is 16.1. The third kappa shape index (κ3) is 5.37. The molecule has 4 rings (SSSR count). The van der Waals surface area contributed by atoms with E-state index in [0.29, 0.717) is 12.2 Å². The molecular weight excluding hydrogens is 362 g/mol. The van der Waals surface area contributed by atoms with E-state index >= 15 is 0 Å². The lowest BCUT2D eigenvalue weighted by molar-refractivity contribution is 0.0942. The molecule has 0 aliphatic carbocycles. The molecule has 1 saturated heterocycles. The third-order valence-electron chi connectivity index (χ3n) is 5.33. The van der Waals surface area contributed by atoms with Crippen LogP contribution in [0.3, 0.4) is 0 Å². The summed E-state index contributed by atoms with van der Waals surface area (Å²) in [5, 5.41) is 2.97. The highest BCUT2D eigenvalue weighted by Gasteiger charge is 2.16. The van der Waals surface area contributed by atoms with E-state index in [1.165, 1.54) is 5.56 Å². The van der Waals surface area contributed by atoms with Crippen molar-refractivity contribution in [2.24, 2.45) is 0 Å². The standard InChI is InChI=1S/C23H27N5O/c29-23(22-17-25-20-9-4-5-10-21(20)26-22)24-11-6-12-27-13-15-28(16-14-27)18-19-7-2-1-3-8-19/h1-5,7-10,17H,6,11-16,18H2,(H,24,29). The second kappa shape index (κ2) is 9.58. The quantitative estimate of drug-likeness (QED) is 0.630. The largest absolute Gasteiger partial charge is 0.351 e. The first-order valence-electron chi connectivity index (χ1n) is 10.3. The lowest BCUT2D eigenvalue weighted by Gasteiger charge is -2.34. The average molecular weight is 390 g/mol. The van der Waals surface area contributed by atoms with Gasteiger partial charge in [0.15, 0.2) is 0 Å². The number of carbonyl (C=O) groups is 1. The molecule has 6 nitrogen and oxygen atoms in total. The van der Waals surface area contributed by atoms with Crippen LogP contribution in [0, 0.1) is 0 Å². The number of carbonyl (C=O) groups excluding carboxylic acids is 1. The summed E-state index contributed by atoms with van der Waals surface area (Å²) in [4.78, 5) is 26.0. The highest BCUT2D eigenvalue weighted by molar-refractivity contribution is 5.93. The normalized spacial score (nSPS) is 15.4. The van der Waals surface area contributed by atoms with Crippen LogP contribution in [0.25, 0.3) is 11.0 Å². The summed E-state index contributed by atoms with van der Waals surface area (Å²) in [6.45, 7) is 7.02. The average Bonchev–Trinajstić information content (AvgIpc) is 2.78. The first-order valence-corrected chi connectivity index (χ1v) is 10.3. The maximum absolute atomic E-state index is 12.3. The number of hydrogen-bond donors (Lipinski definition) is 1. The fourth-order valence-electron chi connectivity index (χ4n) is 3.67. The molecule has 1 aromatic heterocycles. The molecule has 1 N–H and O–H groups in total. The Labute approximate surface area is 171 Å². The molecule has 0 radical (unpaired) electrons. The van der Waals surface area contributed by atoms with Crippen molar-refractivity contribution < 1.29 is 4.79 Å². The SMILES string of the molecule is O=C(NCCCN1CCN(Cc2ccccc2)CC1)c1cnc2ccccc2n1. The number of hydrogen-bond acceptors (Lipinski definition) is 5. The number of piperazine rings is 1. The molecule has 3 aromatic rings. The van der Waals surface area contributed by atoms with Crippen molar-refractivity contribution in [1.82, 2.24) is 25.1 Å². The lowest BCUT2D eigenvalue weighted by atomic mass is 10.2. The Hall–Kier alpha value is -2.83. The Bertz CT molecular complexity index is 938. The monoisotopic (exact) mass is 389 g/mol. The molecule has 0 atom stereocenters. The molecular formula is C23H27N5O. The van der Waals surface area contributed by atoms with Crippen LogP contribution in [-0.4, -0.2) is 64.9 Å². The van der Waals surface area contributed by atoms with E-state index in [2.05, 4.69) is 55.4 Å². The van der Waals surface area contributed by atoms with Gasteiger partial charge in [0, 0.05) is 39.3 Å². The second-order valence-corrected chi connectivity index (χ2v) is 7.46. The van der Waals surface area contributed by atoms with Crippen molar-refractivity contribution in [2.45, 2.75) is 13.0 Å². The second-order valence-electron chi connectivity index (χ2n) is 7.46. The first-order chi connectivity index (χ1) is 14.3. The van der Waals surface area contributed by atoms with Crippen molar-refractivity contribution >= 4 is 16.9 Å². The van der Waals surface area contributed by atoms with Crippen LogP contribution < -0.4 is 5.32 Å². The molecule has 0 saturated carbocycles. The molecule has 150 valence electrons. The van der Waals surface area contributed by atoms with Gasteiger partial charge in [0.2, 0.25) is 0 Å². The molecule has 29 heavy (non-hydrogen) atoms. The van der Waals surface area contributed by atoms with Crippen LogP contribution in [-0.2, 0) is 6.54 Å². The molecule has 0 unspecified atom stereocenters. The summed E-state index contributed by atoms with van der Waals surface area (Å²) >= 11 is 0. The van der Waals surface area contributed by atoms with Crippen LogP contribution in [0.2, 0.25) is 0 Å². The van der Waals surface area contributed by atoms with E-state index in [-0.39, 0.29) is 5.91 Å². The summed E-state index contributed by atoms with van der Waals surface area (Å²) in [6.07, 6.45) is 2.48. The molecule has 1 aliphatic rings. The Morgan fingerprint density at radius 2 is 1.59 bits per heavy atom. The van der Waals surface area contributed by atoms with E-state index in [1.54, 1.807) is 6.20 Å². The van der Waals surface area contributed by atoms with Gasteiger partial charge in [-0.2, -0.15) is 0 Å². The molecule has 2 aromatic carbocycles. The Kier molecular flexibility index (Phi) is 6.44. The number of fused-ring (bicyclic) bond motifs is 1. The fourth-order valence-corrected chi connectivity index (χ4v) is 3.67. The van der Waals surface area contributed by atoms with Gasteiger partial charge in [0.25, 0.3) is 5.91 Å². The van der Waals surface area contributed by atoms with Gasteiger partial charge < -0.3 is 10.2 Å². The van der Waals surface area contributed by atoms with Crippen LogP contribution in [0.5, 0.6) is 0 Å². The minimum atomic E-state index is -0.157. The van der Waals surface area contributed by atoms with Gasteiger partial charge in [-0.1, -0.05) is 42.5 Å². The fraction of sp³-hybridized carbons (Fsp3) is 0.348. The Morgan fingerprint density at radius 1 is 0.897 bits per heavy atom. The van der Waals surface area contributed by atoms with Crippen LogP contribution in [0.4, 0.5) is 0 Å². The van der Waals surface area contributed by atoms with Gasteiger partial charge >= 0.3 is 0 Å². The number of rotatable bonds is 7. The minimum absolute atomic E-state index is 0.157. The van der Waals surface area contributed by atoms with Gasteiger partial charge in [-0.3, -0.25) is 14.7 Å². The minimum Gasteiger partial charge on any atom is -0.351 e. The zero-order valence-electron chi connectivity index (χ0n) is 16.6. The molecule has 1 aliphatic heterocycles. The Balaban J connectivity index is 1.16. The van der Waals surface area contributed by atoms with Crippen LogP contribution in [0.1, 0.15) is 22.5 Å². The van der Waals surface area contributed by atoms with Crippen molar-refractivity contribution in [3.8, 4) is 0 Å². The number of benzene rings is 2. The summed E-state index contributed by atoms with van der Waals surface area (Å²) in [5.41, 5.74) is 3.29. The molecule has 6 heteroatoms. The Morgan fingerprint density at radius 3 is 2.38 bits per heavy atom. The lowest BCUT2D eigenvalue weighted by Crippen LogP contribution is -2.46. The first kappa shape index (κ1) is 19.5. The van der Waals surface area contributed by atoms with E-state index in [4.69, 9.17) is 0 Å². The zero-order chi connectivity index (χ0) is 19.9. The van der Waals surface area contributed by atoms with Crippen molar-refractivity contribution in [3.63, 3.8) is 0 Å². The molecule has 2 heterocycles. The maximum Gasteiger partial charge on any atom is 0.271 e. The molecule has 0 spiro atoms. The predicted molar refractivity (Wildman–Crippen MR) is 115 cm³/mol. The van der Waals surface area contributed by atoms with Gasteiger partial charge in [0.05, 0.1) is 17.2 Å². The van der Waals surface area contributed by atoms with E-state index in [0.717, 1.165) is 56.7 Å². The van der Waals surface area contributed by atoms with Crippen LogP contribution >= 0.6 is 0 Å². The molecule has 1 amide bonds. The number of para-hydroxylation sites is 2. The highest BCUT2D eigenvalue weighted by Crippen LogP contribution is 2.09. The maximum atomic E-state index is 12.3. The van der Waals surface area contributed by atoms with Crippen molar-refractivity contribution in [1.29, 1.82) is 0 Å². The summed E-state index contributed by atoms with van der Waals surface area (Å²) in [6, 6.07) is 18.2. The van der Waals surface area contributed by atoms with Gasteiger partial charge in [-0.25, -0.2) is 4.98 Å². The predicted octanol–water partition coefficient (Wildman–Crippen LogP) is 2.57. The third-order valence-corrected chi connectivity index (χ3v) is 5.33. The van der Waals surface area contributed by atoms with Gasteiger partial charge in [0.1, 0.15) is 5.69 Å². The van der Waals surface area contributed by atoms with Gasteiger partial charge in [-0.05, 0) is 30.7 Å². The van der Waals surface area contributed by atoms with Crippen molar-refractivity contribution in [2.75, 3.05) is 39.3 Å². The molecule has 0 bridgehead atoms. The van der Waals surface area contributed by atoms with Gasteiger partial charge in [-0.15, -0.1) is 0 Å². The topological polar surface area (TPSA) is 61.4 Å². The summed E-state index contributed by atoms with van der Waals surface area (Å²) in [7, 11) is 0. The summed E-state index contributed by atoms with van der Waals surface area (Å²) < 4.78 is 0. The van der Waals surface area contributed by atoms with E-state index in [1.807, 2.05) is 24.3 Å². The number of nitrogens with one attached hydrogen (secondary N) is 1. The number of nitrogens with zero attached hydrogens (tertiary/aromatic N) is 4. The summed E-state index contributed by atoms with van der Waals surface area (Å²) in [5.74, 6) is -0.157. The number of amides is 1.